The number of benzene rings is 1. The molecule has 3 aromatic rings. The maximum absolute atomic E-state index is 12.3. The van der Waals surface area contributed by atoms with Crippen LogP contribution in [0.4, 0.5) is 0 Å². The Balaban J connectivity index is 1.84. The number of fused-ring (bicyclic) bond motifs is 1. The Morgan fingerprint density at radius 2 is 2.00 bits per heavy atom. The number of nitrogens with zero attached hydrogens (tertiary/aromatic N) is 2. The van der Waals surface area contributed by atoms with Gasteiger partial charge in [-0.05, 0) is 30.8 Å². The summed E-state index contributed by atoms with van der Waals surface area (Å²) in [4.78, 5) is 24.4. The fourth-order valence-corrected chi connectivity index (χ4v) is 2.30. The molecule has 8 heteroatoms. The molecule has 0 atom stereocenters. The third-order valence-corrected chi connectivity index (χ3v) is 3.31. The van der Waals surface area contributed by atoms with E-state index in [1.807, 2.05) is 0 Å². The van der Waals surface area contributed by atoms with Gasteiger partial charge in [-0.2, -0.15) is 0 Å². The summed E-state index contributed by atoms with van der Waals surface area (Å²) < 4.78 is 6.45. The third-order valence-electron chi connectivity index (χ3n) is 3.14. The van der Waals surface area contributed by atoms with E-state index in [1.165, 1.54) is 4.68 Å². The first-order chi connectivity index (χ1) is 10.1. The van der Waals surface area contributed by atoms with Crippen molar-refractivity contribution in [1.82, 2.24) is 20.0 Å². The fourth-order valence-electron chi connectivity index (χ4n) is 2.16. The Morgan fingerprint density at radius 3 is 2.71 bits per heavy atom. The van der Waals surface area contributed by atoms with Gasteiger partial charge in [-0.15, -0.1) is 5.10 Å². The molecule has 2 heterocycles. The molecule has 0 bridgehead atoms. The van der Waals surface area contributed by atoms with Crippen LogP contribution in [-0.2, 0) is 13.0 Å². The van der Waals surface area contributed by atoms with E-state index in [1.54, 1.807) is 24.3 Å². The van der Waals surface area contributed by atoms with Crippen molar-refractivity contribution in [3.8, 4) is 0 Å². The second-order valence-electron chi connectivity index (χ2n) is 4.55. The molecule has 21 heavy (non-hydrogen) atoms. The standard InChI is InChI=1S/C13H12N4O3S/c18-11-8-4-1-2-5-9(8)12(19)17(16-11)7-3-6-10-14-15-13(21)20-10/h1-2,4-5H,3,6-7H2,(H,15,21)(H,16,18). The van der Waals surface area contributed by atoms with Crippen LogP contribution in [0.15, 0.2) is 38.3 Å². The highest BCUT2D eigenvalue weighted by molar-refractivity contribution is 7.71. The van der Waals surface area contributed by atoms with Crippen LogP contribution < -0.4 is 11.1 Å². The number of rotatable bonds is 4. The summed E-state index contributed by atoms with van der Waals surface area (Å²) in [7, 11) is 0. The first kappa shape index (κ1) is 13.5. The predicted octanol–water partition coefficient (Wildman–Crippen LogP) is 1.37. The molecule has 0 unspecified atom stereocenters. The van der Waals surface area contributed by atoms with Crippen molar-refractivity contribution in [3.05, 3.63) is 55.7 Å². The van der Waals surface area contributed by atoms with Crippen molar-refractivity contribution in [2.75, 3.05) is 0 Å². The van der Waals surface area contributed by atoms with E-state index < -0.39 is 0 Å². The lowest BCUT2D eigenvalue weighted by Crippen LogP contribution is -2.30. The van der Waals surface area contributed by atoms with Gasteiger partial charge in [0.1, 0.15) is 0 Å². The number of aromatic amines is 2. The summed E-state index contributed by atoms with van der Waals surface area (Å²) in [6, 6.07) is 6.75. The maximum Gasteiger partial charge on any atom is 0.284 e. The number of aromatic nitrogens is 4. The van der Waals surface area contributed by atoms with Crippen LogP contribution in [0.1, 0.15) is 12.3 Å². The van der Waals surface area contributed by atoms with Gasteiger partial charge in [-0.3, -0.25) is 14.7 Å². The Kier molecular flexibility index (Phi) is 3.53. The highest BCUT2D eigenvalue weighted by atomic mass is 32.1. The zero-order valence-corrected chi connectivity index (χ0v) is 11.8. The third kappa shape index (κ3) is 2.70. The summed E-state index contributed by atoms with van der Waals surface area (Å²) >= 11 is 4.78. The highest BCUT2D eigenvalue weighted by Crippen LogP contribution is 2.03. The van der Waals surface area contributed by atoms with Crippen LogP contribution in [0.25, 0.3) is 10.8 Å². The van der Waals surface area contributed by atoms with Crippen LogP contribution in [-0.4, -0.2) is 20.0 Å². The number of H-pyrrole nitrogens is 2. The Bertz CT molecular complexity index is 950. The van der Waals surface area contributed by atoms with Crippen LogP contribution in [0.3, 0.4) is 0 Å². The topological polar surface area (TPSA) is 96.7 Å². The summed E-state index contributed by atoms with van der Waals surface area (Å²) in [6.07, 6.45) is 1.12. The Morgan fingerprint density at radius 1 is 1.24 bits per heavy atom. The van der Waals surface area contributed by atoms with Gasteiger partial charge >= 0.3 is 0 Å². The van der Waals surface area contributed by atoms with Crippen molar-refractivity contribution < 1.29 is 4.42 Å². The molecule has 0 saturated carbocycles. The molecule has 1 aromatic carbocycles. The lowest BCUT2D eigenvalue weighted by atomic mass is 10.2. The van der Waals surface area contributed by atoms with E-state index in [-0.39, 0.29) is 16.0 Å². The van der Waals surface area contributed by atoms with Crippen LogP contribution in [0, 0.1) is 4.84 Å². The summed E-state index contributed by atoms with van der Waals surface area (Å²) in [5.41, 5.74) is -0.490. The summed E-state index contributed by atoms with van der Waals surface area (Å²) in [5, 5.41) is 9.81. The zero-order valence-electron chi connectivity index (χ0n) is 11.0. The van der Waals surface area contributed by atoms with E-state index in [9.17, 15) is 9.59 Å². The molecule has 0 radical (unpaired) electrons. The van der Waals surface area contributed by atoms with Gasteiger partial charge in [-0.1, -0.05) is 12.1 Å². The van der Waals surface area contributed by atoms with E-state index in [0.29, 0.717) is 36.0 Å². The number of hydrogen-bond acceptors (Lipinski definition) is 5. The highest BCUT2D eigenvalue weighted by Gasteiger charge is 2.07. The van der Waals surface area contributed by atoms with Crippen molar-refractivity contribution in [3.63, 3.8) is 0 Å². The number of aryl methyl sites for hydroxylation is 2. The first-order valence-electron chi connectivity index (χ1n) is 6.41. The van der Waals surface area contributed by atoms with E-state index >= 15 is 0 Å². The molecule has 2 N–H and O–H groups in total. The van der Waals surface area contributed by atoms with Gasteiger partial charge < -0.3 is 4.42 Å². The second kappa shape index (κ2) is 5.49. The maximum atomic E-state index is 12.3. The van der Waals surface area contributed by atoms with Crippen LogP contribution in [0.5, 0.6) is 0 Å². The lowest BCUT2D eigenvalue weighted by Gasteiger charge is -2.05. The second-order valence-corrected chi connectivity index (χ2v) is 4.92. The Labute approximate surface area is 123 Å². The molecule has 0 fully saturated rings. The van der Waals surface area contributed by atoms with Crippen molar-refractivity contribution in [1.29, 1.82) is 0 Å². The quantitative estimate of drug-likeness (QED) is 0.710. The van der Waals surface area contributed by atoms with Gasteiger partial charge in [0.2, 0.25) is 5.89 Å². The molecule has 0 aliphatic heterocycles. The molecule has 3 rings (SSSR count). The molecular weight excluding hydrogens is 292 g/mol. The average Bonchev–Trinajstić information content (AvgIpc) is 2.90. The number of nitrogens with one attached hydrogen (secondary N) is 2. The molecule has 108 valence electrons. The average molecular weight is 304 g/mol. The van der Waals surface area contributed by atoms with Gasteiger partial charge in [0.05, 0.1) is 10.8 Å². The molecule has 0 aliphatic rings. The minimum Gasteiger partial charge on any atom is -0.414 e. The molecule has 0 amide bonds. The minimum absolute atomic E-state index is 0.215. The van der Waals surface area contributed by atoms with Crippen LogP contribution >= 0.6 is 12.2 Å². The summed E-state index contributed by atoms with van der Waals surface area (Å²) in [6.45, 7) is 0.369. The van der Waals surface area contributed by atoms with Gasteiger partial charge in [0.25, 0.3) is 16.0 Å². The van der Waals surface area contributed by atoms with Gasteiger partial charge in [-0.25, -0.2) is 9.78 Å². The van der Waals surface area contributed by atoms with Gasteiger partial charge in [0, 0.05) is 13.0 Å². The monoisotopic (exact) mass is 304 g/mol. The van der Waals surface area contributed by atoms with Crippen molar-refractivity contribution in [2.24, 2.45) is 0 Å². The van der Waals surface area contributed by atoms with Crippen molar-refractivity contribution >= 4 is 23.0 Å². The largest absolute Gasteiger partial charge is 0.414 e. The normalized spacial score (nSPS) is 11.0. The van der Waals surface area contributed by atoms with E-state index in [4.69, 9.17) is 16.6 Å². The SMILES string of the molecule is O=c1[nH]n(CCCc2n[nH]c(=S)o2)c(=O)c2ccccc12. The lowest BCUT2D eigenvalue weighted by molar-refractivity contribution is 0.455. The molecule has 0 aliphatic carbocycles. The Hall–Kier alpha value is -2.48. The fraction of sp³-hybridized carbons (Fsp3) is 0.231. The predicted molar refractivity (Wildman–Crippen MR) is 78.8 cm³/mol. The molecule has 2 aromatic heterocycles. The van der Waals surface area contributed by atoms with E-state index in [0.717, 1.165) is 0 Å². The zero-order chi connectivity index (χ0) is 14.8. The van der Waals surface area contributed by atoms with Crippen molar-refractivity contribution in [2.45, 2.75) is 19.4 Å². The van der Waals surface area contributed by atoms with E-state index in [2.05, 4.69) is 15.3 Å². The summed E-state index contributed by atoms with van der Waals surface area (Å²) in [5.74, 6) is 0.483. The van der Waals surface area contributed by atoms with Gasteiger partial charge in [0.15, 0.2) is 0 Å². The minimum atomic E-state index is -0.275. The van der Waals surface area contributed by atoms with Crippen LogP contribution in [0.2, 0.25) is 0 Å². The molecule has 0 spiro atoms. The molecule has 7 nitrogen and oxygen atoms in total. The number of hydrogen-bond donors (Lipinski definition) is 2. The first-order valence-corrected chi connectivity index (χ1v) is 6.82. The molecule has 0 saturated heterocycles. The smallest absolute Gasteiger partial charge is 0.284 e. The molecular formula is C13H12N4O3S.